The molecule has 0 atom stereocenters. The Hall–Kier alpha value is -0.520. The van der Waals surface area contributed by atoms with Crippen molar-refractivity contribution in [1.82, 2.24) is 4.90 Å². The van der Waals surface area contributed by atoms with Gasteiger partial charge in [-0.05, 0) is 19.3 Å². The normalized spacial score (nSPS) is 11.7. The van der Waals surface area contributed by atoms with Gasteiger partial charge >= 0.3 is 0 Å². The lowest BCUT2D eigenvalue weighted by Crippen LogP contribution is -2.32. The molecule has 13 nitrogen and oxygen atoms in total. The monoisotopic (exact) mass is 587 g/mol. The lowest BCUT2D eigenvalue weighted by atomic mass is 10.5. The molecule has 0 unspecified atom stereocenters. The molecule has 0 radical (unpaired) electrons. The molecule has 0 saturated heterocycles. The summed E-state index contributed by atoms with van der Waals surface area (Å²) in [4.78, 5) is 1.97. The maximum atomic E-state index is 5.80. The molecule has 13 heteroatoms. The van der Waals surface area contributed by atoms with Crippen molar-refractivity contribution in [2.75, 3.05) is 160 Å². The van der Waals surface area contributed by atoms with Crippen LogP contribution in [0, 0.1) is 0 Å². The zero-order valence-electron chi connectivity index (χ0n) is 25.3. The third kappa shape index (κ3) is 33.7. The Balaban J connectivity index is 3.89. The van der Waals surface area contributed by atoms with E-state index in [1.807, 2.05) is 4.90 Å². The standard InChI is InChI=1S/C27H57NO12/c1-29-13-16-35-22-19-32-7-4-10-38-25-28(26-39-11-5-8-33-20-23-36-17-14-30-2)27-40-12-6-9-34-21-24-37-18-15-31-3/h4-27H2,1-3H3. The second-order valence-electron chi connectivity index (χ2n) is 8.50. The van der Waals surface area contributed by atoms with Gasteiger partial charge in [-0.25, -0.2) is 4.90 Å². The van der Waals surface area contributed by atoms with Gasteiger partial charge in [0.2, 0.25) is 0 Å². The quantitative estimate of drug-likeness (QED) is 0.0778. The molecule has 0 aliphatic rings. The summed E-state index contributed by atoms with van der Waals surface area (Å²) in [5.74, 6) is 0. The van der Waals surface area contributed by atoms with Crippen LogP contribution < -0.4 is 0 Å². The minimum atomic E-state index is 0.407. The van der Waals surface area contributed by atoms with Crippen LogP contribution in [0.25, 0.3) is 0 Å². The van der Waals surface area contributed by atoms with Crippen LogP contribution in [-0.2, 0) is 56.8 Å². The Labute approximate surface area is 241 Å². The second-order valence-corrected chi connectivity index (χ2v) is 8.50. The molecule has 0 aromatic carbocycles. The number of ether oxygens (including phenoxy) is 12. The van der Waals surface area contributed by atoms with Crippen molar-refractivity contribution in [2.24, 2.45) is 0 Å². The maximum Gasteiger partial charge on any atom is 0.103 e. The van der Waals surface area contributed by atoms with Crippen LogP contribution in [0.3, 0.4) is 0 Å². The van der Waals surface area contributed by atoms with E-state index >= 15 is 0 Å². The van der Waals surface area contributed by atoms with Gasteiger partial charge < -0.3 is 56.8 Å². The SMILES string of the molecule is COCCOCCOCCCOCN(COCCCOCCOCCOC)COCCCOCCOCCOC. The van der Waals surface area contributed by atoms with Crippen molar-refractivity contribution in [3.8, 4) is 0 Å². The highest BCUT2D eigenvalue weighted by Gasteiger charge is 2.06. The third-order valence-electron chi connectivity index (χ3n) is 4.97. The van der Waals surface area contributed by atoms with Crippen LogP contribution >= 0.6 is 0 Å². The highest BCUT2D eigenvalue weighted by atomic mass is 16.6. The summed E-state index contributed by atoms with van der Waals surface area (Å²) in [6.07, 6.45) is 2.39. The number of nitrogens with zero attached hydrogens (tertiary/aromatic N) is 1. The van der Waals surface area contributed by atoms with Crippen molar-refractivity contribution in [1.29, 1.82) is 0 Å². The van der Waals surface area contributed by atoms with E-state index in [9.17, 15) is 0 Å². The van der Waals surface area contributed by atoms with E-state index in [1.54, 1.807) is 21.3 Å². The fourth-order valence-corrected chi connectivity index (χ4v) is 2.87. The fraction of sp³-hybridized carbons (Fsp3) is 1.00. The first-order valence-corrected chi connectivity index (χ1v) is 14.2. The zero-order valence-corrected chi connectivity index (χ0v) is 25.3. The summed E-state index contributed by atoms with van der Waals surface area (Å²) in [7, 11) is 4.96. The second kappa shape index (κ2) is 36.5. The Bertz CT molecular complexity index is 392. The summed E-state index contributed by atoms with van der Waals surface area (Å²) < 4.78 is 64.9. The predicted octanol–water partition coefficient (Wildman–Crippen LogP) is 1.42. The predicted molar refractivity (Wildman–Crippen MR) is 149 cm³/mol. The van der Waals surface area contributed by atoms with E-state index in [4.69, 9.17) is 56.8 Å². The molecular weight excluding hydrogens is 530 g/mol. The molecule has 0 fully saturated rings. The average molecular weight is 588 g/mol. The van der Waals surface area contributed by atoms with Crippen molar-refractivity contribution in [2.45, 2.75) is 19.3 Å². The maximum absolute atomic E-state index is 5.80. The molecule has 0 saturated carbocycles. The lowest BCUT2D eigenvalue weighted by molar-refractivity contribution is -0.103. The van der Waals surface area contributed by atoms with E-state index in [0.717, 1.165) is 19.3 Å². The van der Waals surface area contributed by atoms with Crippen LogP contribution in [0.15, 0.2) is 0 Å². The molecule has 242 valence electrons. The molecule has 0 aliphatic heterocycles. The van der Waals surface area contributed by atoms with Gasteiger partial charge in [-0.3, -0.25) is 0 Å². The van der Waals surface area contributed by atoms with E-state index in [2.05, 4.69) is 0 Å². The summed E-state index contributed by atoms with van der Waals surface area (Å²) in [5.41, 5.74) is 0. The van der Waals surface area contributed by atoms with Gasteiger partial charge in [-0.2, -0.15) is 0 Å². The third-order valence-corrected chi connectivity index (χ3v) is 4.97. The Morgan fingerprint density at radius 3 is 0.775 bits per heavy atom. The van der Waals surface area contributed by atoms with Gasteiger partial charge in [-0.1, -0.05) is 0 Å². The van der Waals surface area contributed by atoms with Crippen LogP contribution in [0.1, 0.15) is 19.3 Å². The van der Waals surface area contributed by atoms with Crippen LogP contribution in [0.4, 0.5) is 0 Å². The molecule has 0 aliphatic carbocycles. The van der Waals surface area contributed by atoms with E-state index in [-0.39, 0.29) is 0 Å². The van der Waals surface area contributed by atoms with Gasteiger partial charge in [-0.15, -0.1) is 0 Å². The number of hydrogen-bond donors (Lipinski definition) is 0. The minimum Gasteiger partial charge on any atom is -0.382 e. The van der Waals surface area contributed by atoms with Crippen LogP contribution in [0.5, 0.6) is 0 Å². The van der Waals surface area contributed by atoms with Crippen LogP contribution in [0.2, 0.25) is 0 Å². The number of methoxy groups -OCH3 is 3. The molecule has 0 spiro atoms. The number of rotatable bonds is 36. The molecule has 0 aromatic heterocycles. The first-order chi connectivity index (χ1) is 19.8. The van der Waals surface area contributed by atoms with E-state index in [0.29, 0.717) is 139 Å². The summed E-state index contributed by atoms with van der Waals surface area (Å²) in [6.45, 7) is 11.7. The molecule has 0 amide bonds. The average Bonchev–Trinajstić information content (AvgIpc) is 2.97. The summed E-state index contributed by atoms with van der Waals surface area (Å²) >= 11 is 0. The topological polar surface area (TPSA) is 114 Å². The fourth-order valence-electron chi connectivity index (χ4n) is 2.87. The number of hydrogen-bond acceptors (Lipinski definition) is 13. The molecule has 0 rings (SSSR count). The first kappa shape index (κ1) is 39.5. The molecule has 0 bridgehead atoms. The Morgan fingerprint density at radius 1 is 0.275 bits per heavy atom. The largest absolute Gasteiger partial charge is 0.382 e. The van der Waals surface area contributed by atoms with Crippen LogP contribution in [-0.4, -0.2) is 165 Å². The van der Waals surface area contributed by atoms with Gasteiger partial charge in [0.05, 0.1) is 99.1 Å². The smallest absolute Gasteiger partial charge is 0.103 e. The molecule has 0 heterocycles. The molecule has 0 N–H and O–H groups in total. The Morgan fingerprint density at radius 2 is 0.500 bits per heavy atom. The zero-order chi connectivity index (χ0) is 29.0. The molecule has 40 heavy (non-hydrogen) atoms. The lowest BCUT2D eigenvalue weighted by Gasteiger charge is -2.22. The summed E-state index contributed by atoms with van der Waals surface area (Å²) in [6, 6.07) is 0. The van der Waals surface area contributed by atoms with Gasteiger partial charge in [0, 0.05) is 41.2 Å². The summed E-state index contributed by atoms with van der Waals surface area (Å²) in [5, 5.41) is 0. The van der Waals surface area contributed by atoms with Crippen molar-refractivity contribution < 1.29 is 56.8 Å². The van der Waals surface area contributed by atoms with E-state index < -0.39 is 0 Å². The van der Waals surface area contributed by atoms with Gasteiger partial charge in [0.15, 0.2) is 0 Å². The highest BCUT2D eigenvalue weighted by Crippen LogP contribution is 1.97. The highest BCUT2D eigenvalue weighted by molar-refractivity contribution is 4.44. The Kier molecular flexibility index (Phi) is 36.0. The molecular formula is C27H57NO12. The van der Waals surface area contributed by atoms with Crippen molar-refractivity contribution >= 4 is 0 Å². The van der Waals surface area contributed by atoms with Gasteiger partial charge in [0.1, 0.15) is 20.2 Å². The minimum absolute atomic E-state index is 0.407. The van der Waals surface area contributed by atoms with Crippen molar-refractivity contribution in [3.05, 3.63) is 0 Å². The van der Waals surface area contributed by atoms with Gasteiger partial charge in [0.25, 0.3) is 0 Å². The van der Waals surface area contributed by atoms with E-state index in [1.165, 1.54) is 0 Å². The first-order valence-electron chi connectivity index (χ1n) is 14.2. The molecule has 0 aromatic rings. The van der Waals surface area contributed by atoms with Crippen molar-refractivity contribution in [3.63, 3.8) is 0 Å².